The Labute approximate surface area is 146 Å². The van der Waals surface area contributed by atoms with E-state index in [-0.39, 0.29) is 16.6 Å². The maximum atomic E-state index is 13.1. The quantitative estimate of drug-likeness (QED) is 0.629. The lowest BCUT2D eigenvalue weighted by Crippen LogP contribution is -2.33. The molecular weight excluding hydrogens is 342 g/mol. The highest BCUT2D eigenvalue weighted by molar-refractivity contribution is 7.92. The number of non-ortho nitro benzene ring substituents is 1. The maximum Gasteiger partial charge on any atom is 0.269 e. The Bertz CT molecular complexity index is 906. The van der Waals surface area contributed by atoms with Gasteiger partial charge in [0.1, 0.15) is 0 Å². The molecule has 0 spiro atoms. The van der Waals surface area contributed by atoms with Gasteiger partial charge in [0.05, 0.1) is 15.5 Å². The van der Waals surface area contributed by atoms with Crippen LogP contribution in [-0.2, 0) is 16.6 Å². The van der Waals surface area contributed by atoms with Crippen molar-refractivity contribution < 1.29 is 13.3 Å². The fourth-order valence-electron chi connectivity index (χ4n) is 2.78. The highest BCUT2D eigenvalue weighted by Crippen LogP contribution is 2.38. The van der Waals surface area contributed by atoms with Gasteiger partial charge >= 0.3 is 0 Å². The van der Waals surface area contributed by atoms with Gasteiger partial charge in [0.2, 0.25) is 0 Å². The van der Waals surface area contributed by atoms with E-state index in [0.29, 0.717) is 12.2 Å². The number of nitrogens with zero attached hydrogens (tertiary/aromatic N) is 2. The Kier molecular flexibility index (Phi) is 4.49. The molecule has 3 rings (SSSR count). The van der Waals surface area contributed by atoms with Crippen molar-refractivity contribution in [3.8, 4) is 0 Å². The van der Waals surface area contributed by atoms with Crippen molar-refractivity contribution in [2.45, 2.75) is 37.2 Å². The summed E-state index contributed by atoms with van der Waals surface area (Å²) in [6.45, 7) is 2.24. The molecule has 0 aliphatic heterocycles. The summed E-state index contributed by atoms with van der Waals surface area (Å²) in [7, 11) is -3.80. The molecule has 2 N–H and O–H groups in total. The number of nitrogens with two attached hydrogens (primary N) is 1. The largest absolute Gasteiger partial charge is 0.326 e. The molecule has 25 heavy (non-hydrogen) atoms. The van der Waals surface area contributed by atoms with E-state index < -0.39 is 14.9 Å². The van der Waals surface area contributed by atoms with Crippen LogP contribution >= 0.6 is 0 Å². The van der Waals surface area contributed by atoms with Crippen molar-refractivity contribution in [2.24, 2.45) is 5.73 Å². The smallest absolute Gasteiger partial charge is 0.269 e. The van der Waals surface area contributed by atoms with E-state index in [0.717, 1.165) is 24.0 Å². The molecule has 0 saturated heterocycles. The van der Waals surface area contributed by atoms with Crippen molar-refractivity contribution in [1.29, 1.82) is 0 Å². The van der Waals surface area contributed by atoms with Crippen LogP contribution in [0.2, 0.25) is 0 Å². The summed E-state index contributed by atoms with van der Waals surface area (Å²) in [4.78, 5) is 10.3. The summed E-state index contributed by atoms with van der Waals surface area (Å²) in [5, 5.41) is 10.8. The lowest BCUT2D eigenvalue weighted by atomic mass is 10.1. The second-order valence-electron chi connectivity index (χ2n) is 6.11. The van der Waals surface area contributed by atoms with Crippen molar-refractivity contribution in [1.82, 2.24) is 0 Å². The highest BCUT2D eigenvalue weighted by Gasteiger charge is 2.39. The van der Waals surface area contributed by atoms with E-state index in [2.05, 4.69) is 0 Å². The second-order valence-corrected chi connectivity index (χ2v) is 7.92. The van der Waals surface area contributed by atoms with Crippen LogP contribution < -0.4 is 10.0 Å². The molecule has 1 aliphatic carbocycles. The summed E-state index contributed by atoms with van der Waals surface area (Å²) in [6.07, 6.45) is 1.59. The number of nitro groups is 1. The van der Waals surface area contributed by atoms with Crippen molar-refractivity contribution >= 4 is 21.4 Å². The van der Waals surface area contributed by atoms with Gasteiger partial charge in [-0.1, -0.05) is 12.1 Å². The Morgan fingerprint density at radius 1 is 1.20 bits per heavy atom. The number of benzene rings is 2. The van der Waals surface area contributed by atoms with E-state index in [1.54, 1.807) is 6.07 Å². The number of sulfonamides is 1. The first-order valence-electron chi connectivity index (χ1n) is 7.93. The predicted octanol–water partition coefficient (Wildman–Crippen LogP) is 2.72. The molecule has 0 heterocycles. The van der Waals surface area contributed by atoms with Gasteiger partial charge in [0, 0.05) is 24.7 Å². The number of hydrogen-bond acceptors (Lipinski definition) is 5. The van der Waals surface area contributed by atoms with Gasteiger partial charge in [-0.25, -0.2) is 8.42 Å². The molecule has 1 aliphatic rings. The van der Waals surface area contributed by atoms with Gasteiger partial charge in [-0.15, -0.1) is 0 Å². The van der Waals surface area contributed by atoms with Gasteiger partial charge in [-0.05, 0) is 49.1 Å². The average molecular weight is 361 g/mol. The van der Waals surface area contributed by atoms with E-state index in [4.69, 9.17) is 5.73 Å². The summed E-state index contributed by atoms with van der Waals surface area (Å²) >= 11 is 0. The monoisotopic (exact) mass is 361 g/mol. The van der Waals surface area contributed by atoms with Crippen LogP contribution in [0.15, 0.2) is 47.4 Å². The first-order chi connectivity index (χ1) is 11.8. The van der Waals surface area contributed by atoms with E-state index in [1.165, 1.54) is 28.6 Å². The third-order valence-corrected chi connectivity index (χ3v) is 6.10. The molecule has 2 aromatic carbocycles. The molecule has 132 valence electrons. The fraction of sp³-hybridized carbons (Fsp3) is 0.294. The van der Waals surface area contributed by atoms with Crippen LogP contribution in [0.1, 0.15) is 24.0 Å². The molecule has 1 saturated carbocycles. The van der Waals surface area contributed by atoms with Crippen LogP contribution in [-0.4, -0.2) is 19.4 Å². The molecule has 0 atom stereocenters. The van der Waals surface area contributed by atoms with Gasteiger partial charge in [-0.3, -0.25) is 14.4 Å². The zero-order valence-electron chi connectivity index (χ0n) is 13.8. The fourth-order valence-corrected chi connectivity index (χ4v) is 4.55. The highest BCUT2D eigenvalue weighted by atomic mass is 32.2. The maximum absolute atomic E-state index is 13.1. The van der Waals surface area contributed by atoms with Gasteiger partial charge in [0.15, 0.2) is 0 Å². The Morgan fingerprint density at radius 2 is 1.84 bits per heavy atom. The van der Waals surface area contributed by atoms with Crippen LogP contribution in [0, 0.1) is 17.0 Å². The second kappa shape index (κ2) is 6.45. The first-order valence-corrected chi connectivity index (χ1v) is 9.37. The SMILES string of the molecule is Cc1cc(CN)ccc1N(C1CC1)S(=O)(=O)c1ccc([N+](=O)[O-])cc1. The molecule has 8 heteroatoms. The predicted molar refractivity (Wildman–Crippen MR) is 94.9 cm³/mol. The zero-order valence-corrected chi connectivity index (χ0v) is 14.6. The molecule has 0 amide bonds. The Morgan fingerprint density at radius 3 is 2.32 bits per heavy atom. The van der Waals surface area contributed by atoms with Crippen LogP contribution in [0.25, 0.3) is 0 Å². The Hall–Kier alpha value is -2.45. The molecule has 0 unspecified atom stereocenters. The van der Waals surface area contributed by atoms with Crippen molar-refractivity contribution in [3.63, 3.8) is 0 Å². The Balaban J connectivity index is 2.04. The molecular formula is C17H19N3O4S. The number of aryl methyl sites for hydroxylation is 1. The summed E-state index contributed by atoms with van der Waals surface area (Å²) in [5.74, 6) is 0. The lowest BCUT2D eigenvalue weighted by molar-refractivity contribution is -0.384. The molecule has 2 aromatic rings. The molecule has 0 bridgehead atoms. The summed E-state index contributed by atoms with van der Waals surface area (Å²) in [5.41, 5.74) is 7.90. The molecule has 1 fully saturated rings. The van der Waals surface area contributed by atoms with Crippen LogP contribution in [0.4, 0.5) is 11.4 Å². The third-order valence-electron chi connectivity index (χ3n) is 4.22. The third kappa shape index (κ3) is 3.35. The van der Waals surface area contributed by atoms with E-state index in [9.17, 15) is 18.5 Å². The van der Waals surface area contributed by atoms with Crippen LogP contribution in [0.5, 0.6) is 0 Å². The number of rotatable bonds is 6. The number of nitro benzene ring substituents is 1. The van der Waals surface area contributed by atoms with E-state index >= 15 is 0 Å². The van der Waals surface area contributed by atoms with Gasteiger partial charge in [0.25, 0.3) is 15.7 Å². The minimum Gasteiger partial charge on any atom is -0.326 e. The van der Waals surface area contributed by atoms with E-state index in [1.807, 2.05) is 19.1 Å². The standard InChI is InChI=1S/C17H19N3O4S/c1-12-10-13(11-18)2-9-17(12)19(14-3-4-14)25(23,24)16-7-5-15(6-8-16)20(21)22/h2,5-10,14H,3-4,11,18H2,1H3. The minimum atomic E-state index is -3.80. The van der Waals surface area contributed by atoms with Crippen molar-refractivity contribution in [2.75, 3.05) is 4.31 Å². The van der Waals surface area contributed by atoms with Gasteiger partial charge < -0.3 is 5.73 Å². The molecule has 7 nitrogen and oxygen atoms in total. The topological polar surface area (TPSA) is 107 Å². The normalized spacial score (nSPS) is 14.3. The van der Waals surface area contributed by atoms with Gasteiger partial charge in [-0.2, -0.15) is 0 Å². The minimum absolute atomic E-state index is 0.0484. The number of hydrogen-bond donors (Lipinski definition) is 1. The molecule has 0 aromatic heterocycles. The lowest BCUT2D eigenvalue weighted by Gasteiger charge is -2.26. The first kappa shape index (κ1) is 17.4. The van der Waals surface area contributed by atoms with Crippen molar-refractivity contribution in [3.05, 3.63) is 63.7 Å². The zero-order chi connectivity index (χ0) is 18.2. The average Bonchev–Trinajstić information content (AvgIpc) is 3.41. The summed E-state index contributed by atoms with van der Waals surface area (Å²) in [6, 6.07) is 10.4. The molecule has 0 radical (unpaired) electrons. The summed E-state index contributed by atoms with van der Waals surface area (Å²) < 4.78 is 27.7. The van der Waals surface area contributed by atoms with Crippen LogP contribution in [0.3, 0.4) is 0 Å². The number of anilines is 1.